The van der Waals surface area contributed by atoms with Gasteiger partial charge in [0.15, 0.2) is 11.5 Å². The summed E-state index contributed by atoms with van der Waals surface area (Å²) in [5, 5.41) is 9.80. The molecule has 0 unspecified atom stereocenters. The highest BCUT2D eigenvalue weighted by atomic mass is 16.5. The minimum Gasteiger partial charge on any atom is -0.368 e. The van der Waals surface area contributed by atoms with Crippen LogP contribution in [0, 0.1) is 6.92 Å². The van der Waals surface area contributed by atoms with Crippen LogP contribution >= 0.6 is 0 Å². The fourth-order valence-corrected chi connectivity index (χ4v) is 2.77. The topological polar surface area (TPSA) is 111 Å². The molecule has 0 radical (unpaired) electrons. The number of carbonyl (C=O) groups excluding carboxylic acids is 1. The van der Waals surface area contributed by atoms with Gasteiger partial charge < -0.3 is 15.2 Å². The number of imidazole rings is 1. The lowest BCUT2D eigenvalue weighted by atomic mass is 10.1. The molecule has 0 saturated carbocycles. The predicted octanol–water partition coefficient (Wildman–Crippen LogP) is 2.47. The van der Waals surface area contributed by atoms with Gasteiger partial charge in [-0.2, -0.15) is 0 Å². The first-order valence-corrected chi connectivity index (χ1v) is 9.07. The molecule has 1 aromatic carbocycles. The third kappa shape index (κ3) is 4.29. The molecule has 3 heterocycles. The van der Waals surface area contributed by atoms with Crippen LogP contribution < -0.4 is 10.6 Å². The summed E-state index contributed by atoms with van der Waals surface area (Å²) >= 11 is 0. The van der Waals surface area contributed by atoms with Gasteiger partial charge >= 0.3 is 0 Å². The number of carbonyl (C=O) groups is 1. The van der Waals surface area contributed by atoms with E-state index in [2.05, 4.69) is 30.7 Å². The first-order valence-electron chi connectivity index (χ1n) is 9.07. The van der Waals surface area contributed by atoms with Crippen molar-refractivity contribution in [2.45, 2.75) is 6.92 Å². The van der Waals surface area contributed by atoms with Crippen LogP contribution in [0.15, 0.2) is 65.7 Å². The Hall–Kier alpha value is -4.01. The van der Waals surface area contributed by atoms with Crippen molar-refractivity contribution in [3.63, 3.8) is 0 Å². The fourth-order valence-electron chi connectivity index (χ4n) is 2.77. The minimum absolute atomic E-state index is 0.240. The summed E-state index contributed by atoms with van der Waals surface area (Å²) in [6.07, 6.45) is 5.03. The lowest BCUT2D eigenvalue weighted by Gasteiger charge is -2.08. The molecule has 9 heteroatoms. The maximum atomic E-state index is 12.3. The largest absolute Gasteiger partial charge is 0.368 e. The Morgan fingerprint density at radius 1 is 1.10 bits per heavy atom. The fraction of sp³-hybridized carbons (Fsp3) is 0.150. The number of aromatic nitrogens is 5. The summed E-state index contributed by atoms with van der Waals surface area (Å²) < 4.78 is 7.12. The summed E-state index contributed by atoms with van der Waals surface area (Å²) in [7, 11) is 0. The predicted molar refractivity (Wildman–Crippen MR) is 107 cm³/mol. The van der Waals surface area contributed by atoms with Crippen LogP contribution in [0.3, 0.4) is 0 Å². The molecule has 0 aliphatic carbocycles. The quantitative estimate of drug-likeness (QED) is 0.467. The van der Waals surface area contributed by atoms with Gasteiger partial charge in [-0.25, -0.2) is 15.0 Å². The first-order chi connectivity index (χ1) is 14.2. The van der Waals surface area contributed by atoms with Crippen LogP contribution in [-0.4, -0.2) is 43.7 Å². The van der Waals surface area contributed by atoms with E-state index in [-0.39, 0.29) is 11.6 Å². The van der Waals surface area contributed by atoms with E-state index in [0.717, 1.165) is 17.2 Å². The Morgan fingerprint density at radius 3 is 2.76 bits per heavy atom. The van der Waals surface area contributed by atoms with E-state index in [9.17, 15) is 4.79 Å². The minimum atomic E-state index is -0.296. The second kappa shape index (κ2) is 8.34. The van der Waals surface area contributed by atoms with E-state index in [1.54, 1.807) is 12.3 Å². The van der Waals surface area contributed by atoms with Crippen LogP contribution in [0.2, 0.25) is 0 Å². The van der Waals surface area contributed by atoms with Gasteiger partial charge in [-0.1, -0.05) is 35.5 Å². The molecule has 0 bridgehead atoms. The summed E-state index contributed by atoms with van der Waals surface area (Å²) in [6.45, 7) is 2.79. The van der Waals surface area contributed by atoms with Gasteiger partial charge in [0.2, 0.25) is 0 Å². The maximum absolute atomic E-state index is 12.3. The molecule has 0 spiro atoms. The molecule has 29 heavy (non-hydrogen) atoms. The van der Waals surface area contributed by atoms with E-state index >= 15 is 0 Å². The Bertz CT molecular complexity index is 1100. The van der Waals surface area contributed by atoms with Crippen molar-refractivity contribution in [2.75, 3.05) is 18.4 Å². The van der Waals surface area contributed by atoms with E-state index in [1.165, 1.54) is 6.33 Å². The lowest BCUT2D eigenvalue weighted by molar-refractivity contribution is 0.0946. The highest BCUT2D eigenvalue weighted by molar-refractivity contribution is 5.93. The molecule has 4 aromatic rings. The Balaban J connectivity index is 1.29. The van der Waals surface area contributed by atoms with Crippen molar-refractivity contribution >= 4 is 11.7 Å². The maximum Gasteiger partial charge on any atom is 0.273 e. The van der Waals surface area contributed by atoms with E-state index in [0.29, 0.717) is 24.7 Å². The number of nitrogens with one attached hydrogen (secondary N) is 2. The average molecular weight is 389 g/mol. The highest BCUT2D eigenvalue weighted by Gasteiger charge is 2.13. The van der Waals surface area contributed by atoms with Crippen molar-refractivity contribution in [1.29, 1.82) is 0 Å². The zero-order valence-electron chi connectivity index (χ0n) is 15.7. The van der Waals surface area contributed by atoms with Gasteiger partial charge in [0.05, 0.1) is 0 Å². The monoisotopic (exact) mass is 389 g/mol. The summed E-state index contributed by atoms with van der Waals surface area (Å²) in [4.78, 5) is 24.9. The van der Waals surface area contributed by atoms with Crippen molar-refractivity contribution in [3.05, 3.63) is 72.7 Å². The Kier molecular flexibility index (Phi) is 5.28. The molecule has 3 aromatic heterocycles. The number of rotatable bonds is 7. The molecular formula is C20H19N7O2. The van der Waals surface area contributed by atoms with E-state index < -0.39 is 0 Å². The van der Waals surface area contributed by atoms with Crippen molar-refractivity contribution in [2.24, 2.45) is 0 Å². The van der Waals surface area contributed by atoms with Crippen LogP contribution in [0.5, 0.6) is 0 Å². The van der Waals surface area contributed by atoms with Gasteiger partial charge in [0.25, 0.3) is 5.91 Å². The average Bonchev–Trinajstić information content (AvgIpc) is 3.41. The number of hydrogen-bond donors (Lipinski definition) is 2. The zero-order chi connectivity index (χ0) is 20.1. The van der Waals surface area contributed by atoms with Crippen molar-refractivity contribution in [3.8, 4) is 17.1 Å². The number of benzene rings is 1. The molecule has 2 N–H and O–H groups in total. The summed E-state index contributed by atoms with van der Waals surface area (Å²) in [5.74, 6) is 2.47. The molecule has 0 atom stereocenters. The standard InChI is InChI=1S/C20H19N7O2/c1-14-21-9-10-27(14)19-12-18(24-13-25-19)22-7-8-23-20(28)16-11-17(29-26-16)15-5-3-2-4-6-15/h2-6,9-13H,7-8H2,1H3,(H,23,28)(H,22,24,25). The molecule has 0 saturated heterocycles. The van der Waals surface area contributed by atoms with Gasteiger partial charge in [0.1, 0.15) is 23.8 Å². The van der Waals surface area contributed by atoms with E-state index in [1.807, 2.05) is 54.1 Å². The van der Waals surface area contributed by atoms with Gasteiger partial charge in [-0.15, -0.1) is 0 Å². The molecule has 1 amide bonds. The number of amides is 1. The molecule has 0 aliphatic heterocycles. The number of aryl methyl sites for hydroxylation is 1. The van der Waals surface area contributed by atoms with Crippen LogP contribution in [0.4, 0.5) is 5.82 Å². The number of nitrogens with zero attached hydrogens (tertiary/aromatic N) is 5. The van der Waals surface area contributed by atoms with Crippen LogP contribution in [-0.2, 0) is 0 Å². The van der Waals surface area contributed by atoms with Gasteiger partial charge in [0, 0.05) is 43.2 Å². The summed E-state index contributed by atoms with van der Waals surface area (Å²) in [5.41, 5.74) is 1.11. The number of hydrogen-bond acceptors (Lipinski definition) is 7. The molecule has 9 nitrogen and oxygen atoms in total. The SMILES string of the molecule is Cc1nccn1-c1cc(NCCNC(=O)c2cc(-c3ccccc3)on2)ncn1. The smallest absolute Gasteiger partial charge is 0.273 e. The van der Waals surface area contributed by atoms with Crippen molar-refractivity contribution in [1.82, 2.24) is 30.0 Å². The summed E-state index contributed by atoms with van der Waals surface area (Å²) in [6, 6.07) is 13.0. The Morgan fingerprint density at radius 2 is 1.97 bits per heavy atom. The third-order valence-corrected chi connectivity index (χ3v) is 4.24. The van der Waals surface area contributed by atoms with Gasteiger partial charge in [-0.05, 0) is 6.92 Å². The van der Waals surface area contributed by atoms with Crippen LogP contribution in [0.25, 0.3) is 17.1 Å². The van der Waals surface area contributed by atoms with Crippen LogP contribution in [0.1, 0.15) is 16.3 Å². The second-order valence-corrected chi connectivity index (χ2v) is 6.23. The molecular weight excluding hydrogens is 370 g/mol. The zero-order valence-corrected chi connectivity index (χ0v) is 15.7. The third-order valence-electron chi connectivity index (χ3n) is 4.24. The second-order valence-electron chi connectivity index (χ2n) is 6.23. The van der Waals surface area contributed by atoms with Gasteiger partial charge in [-0.3, -0.25) is 9.36 Å². The molecule has 0 fully saturated rings. The molecule has 4 rings (SSSR count). The molecule has 0 aliphatic rings. The lowest BCUT2D eigenvalue weighted by Crippen LogP contribution is -2.29. The normalized spacial score (nSPS) is 10.7. The van der Waals surface area contributed by atoms with Crippen molar-refractivity contribution < 1.29 is 9.32 Å². The van der Waals surface area contributed by atoms with E-state index in [4.69, 9.17) is 4.52 Å². The highest BCUT2D eigenvalue weighted by Crippen LogP contribution is 2.19. The Labute approximate surface area is 166 Å². The first kappa shape index (κ1) is 18.4. The molecule has 146 valence electrons. The number of anilines is 1.